The van der Waals surface area contributed by atoms with Gasteiger partial charge in [0.2, 0.25) is 0 Å². The molecular weight excluding hydrogens is 615 g/mol. The molecule has 5 nitrogen and oxygen atoms in total. The van der Waals surface area contributed by atoms with E-state index in [9.17, 15) is 0 Å². The molecule has 50 heavy (non-hydrogen) atoms. The lowest BCUT2D eigenvalue weighted by molar-refractivity contribution is 0.656. The van der Waals surface area contributed by atoms with Gasteiger partial charge in [-0.15, -0.1) is 0 Å². The number of hydrogen-bond donors (Lipinski definition) is 0. The number of para-hydroxylation sites is 1. The summed E-state index contributed by atoms with van der Waals surface area (Å²) in [6.45, 7) is 0. The van der Waals surface area contributed by atoms with Crippen LogP contribution in [0.15, 0.2) is 173 Å². The van der Waals surface area contributed by atoms with Crippen molar-refractivity contribution in [3.05, 3.63) is 164 Å². The Morgan fingerprint density at radius 2 is 0.820 bits per heavy atom. The molecule has 0 amide bonds. The van der Waals surface area contributed by atoms with Crippen molar-refractivity contribution in [2.75, 3.05) is 0 Å². The summed E-state index contributed by atoms with van der Waals surface area (Å²) in [6, 6.07) is 55.7. The van der Waals surface area contributed by atoms with Gasteiger partial charge in [0.25, 0.3) is 0 Å². The summed E-state index contributed by atoms with van der Waals surface area (Å²) < 4.78 is 12.5. The van der Waals surface area contributed by atoms with Gasteiger partial charge in [-0.25, -0.2) is 15.0 Å². The van der Waals surface area contributed by atoms with Crippen molar-refractivity contribution in [3.63, 3.8) is 0 Å². The predicted molar refractivity (Wildman–Crippen MR) is 202 cm³/mol. The van der Waals surface area contributed by atoms with Gasteiger partial charge in [-0.1, -0.05) is 140 Å². The van der Waals surface area contributed by atoms with Crippen LogP contribution < -0.4 is 0 Å². The highest BCUT2D eigenvalue weighted by Gasteiger charge is 2.18. The van der Waals surface area contributed by atoms with Crippen molar-refractivity contribution in [2.45, 2.75) is 0 Å². The largest absolute Gasteiger partial charge is 0.456 e. The fraction of sp³-hybridized carbons (Fsp3) is 0. The highest BCUT2D eigenvalue weighted by Crippen LogP contribution is 2.41. The van der Waals surface area contributed by atoms with Crippen molar-refractivity contribution >= 4 is 43.9 Å². The molecule has 0 saturated carbocycles. The van der Waals surface area contributed by atoms with Crippen LogP contribution in [0.1, 0.15) is 0 Å². The second-order valence-electron chi connectivity index (χ2n) is 12.4. The van der Waals surface area contributed by atoms with Crippen LogP contribution in [0.4, 0.5) is 0 Å². The Labute approximate surface area is 287 Å². The van der Waals surface area contributed by atoms with Crippen molar-refractivity contribution in [2.24, 2.45) is 0 Å². The number of rotatable bonds is 5. The summed E-state index contributed by atoms with van der Waals surface area (Å²) in [5.41, 5.74) is 10.5. The van der Waals surface area contributed by atoms with Gasteiger partial charge in [0.05, 0.1) is 0 Å². The molecule has 0 aliphatic rings. The van der Waals surface area contributed by atoms with Crippen LogP contribution in [0.3, 0.4) is 0 Å². The van der Waals surface area contributed by atoms with Crippen molar-refractivity contribution < 1.29 is 8.83 Å². The van der Waals surface area contributed by atoms with E-state index in [1.54, 1.807) is 0 Å². The average molecular weight is 642 g/mol. The molecule has 7 aromatic carbocycles. The van der Waals surface area contributed by atoms with Gasteiger partial charge < -0.3 is 8.83 Å². The lowest BCUT2D eigenvalue weighted by atomic mass is 9.97. The van der Waals surface area contributed by atoms with Crippen LogP contribution >= 0.6 is 0 Å². The molecule has 3 aromatic heterocycles. The lowest BCUT2D eigenvalue weighted by Crippen LogP contribution is -2.01. The number of aromatic nitrogens is 3. The molecule has 0 fully saturated rings. The summed E-state index contributed by atoms with van der Waals surface area (Å²) in [5.74, 6) is 1.87. The molecule has 0 atom stereocenters. The van der Waals surface area contributed by atoms with Crippen LogP contribution in [0.2, 0.25) is 0 Å². The molecule has 0 aliphatic carbocycles. The Morgan fingerprint density at radius 1 is 0.300 bits per heavy atom. The van der Waals surface area contributed by atoms with E-state index >= 15 is 0 Å². The normalized spacial score (nSPS) is 11.6. The second kappa shape index (κ2) is 11.4. The molecule has 10 aromatic rings. The summed E-state index contributed by atoms with van der Waals surface area (Å²) in [7, 11) is 0. The topological polar surface area (TPSA) is 65.0 Å². The van der Waals surface area contributed by atoms with E-state index in [0.717, 1.165) is 82.8 Å². The van der Waals surface area contributed by atoms with Gasteiger partial charge in [-0.3, -0.25) is 0 Å². The van der Waals surface area contributed by atoms with Gasteiger partial charge in [0.15, 0.2) is 17.5 Å². The van der Waals surface area contributed by atoms with E-state index in [1.807, 2.05) is 78.9 Å². The summed E-state index contributed by atoms with van der Waals surface area (Å²) in [5, 5.41) is 4.31. The molecule has 0 radical (unpaired) electrons. The SMILES string of the molecule is c1ccc(-c2nc(-c3ccc(-c4cccc5oc6cc7oc8ccccc8c7cc6c45)cc3)nc(-c3ccccc3-c3ccccc3)n2)cc1. The third kappa shape index (κ3) is 4.67. The minimum atomic E-state index is 0.615. The van der Waals surface area contributed by atoms with E-state index in [2.05, 4.69) is 84.9 Å². The molecule has 234 valence electrons. The molecule has 0 unspecified atom stereocenters. The quantitative estimate of drug-likeness (QED) is 0.187. The van der Waals surface area contributed by atoms with Gasteiger partial charge in [0.1, 0.15) is 22.3 Å². The van der Waals surface area contributed by atoms with Gasteiger partial charge in [-0.05, 0) is 40.5 Å². The fourth-order valence-electron chi connectivity index (χ4n) is 6.97. The van der Waals surface area contributed by atoms with Crippen molar-refractivity contribution in [1.82, 2.24) is 15.0 Å². The maximum atomic E-state index is 6.38. The Morgan fingerprint density at radius 3 is 1.60 bits per heavy atom. The molecule has 10 rings (SSSR count). The third-order valence-electron chi connectivity index (χ3n) is 9.37. The molecule has 0 spiro atoms. The first-order chi connectivity index (χ1) is 24.8. The number of benzene rings is 7. The summed E-state index contributed by atoms with van der Waals surface area (Å²) >= 11 is 0. The molecule has 0 bridgehead atoms. The first kappa shape index (κ1) is 28.2. The molecule has 0 saturated heterocycles. The van der Waals surface area contributed by atoms with Crippen LogP contribution in [0.5, 0.6) is 0 Å². The smallest absolute Gasteiger partial charge is 0.164 e. The van der Waals surface area contributed by atoms with E-state index in [1.165, 1.54) is 0 Å². The van der Waals surface area contributed by atoms with E-state index < -0.39 is 0 Å². The van der Waals surface area contributed by atoms with Crippen LogP contribution in [0.25, 0.3) is 100 Å². The third-order valence-corrected chi connectivity index (χ3v) is 9.37. The number of fused-ring (bicyclic) bond motifs is 6. The highest BCUT2D eigenvalue weighted by atomic mass is 16.3. The molecule has 0 aliphatic heterocycles. The number of hydrogen-bond acceptors (Lipinski definition) is 5. The number of furan rings is 2. The summed E-state index contributed by atoms with van der Waals surface area (Å²) in [6.07, 6.45) is 0. The maximum Gasteiger partial charge on any atom is 0.164 e. The first-order valence-electron chi connectivity index (χ1n) is 16.6. The van der Waals surface area contributed by atoms with Crippen molar-refractivity contribution in [1.29, 1.82) is 0 Å². The molecular formula is C45H27N3O2. The van der Waals surface area contributed by atoms with Gasteiger partial charge in [0, 0.05) is 44.3 Å². The standard InChI is InChI=1S/C45H27N3O2/c1-3-12-28(13-4-1)32-16-7-8-18-35(32)45-47-43(30-14-5-2-6-15-30)46-44(48-45)31-24-22-29(23-25-31)33-19-11-21-39-42(33)37-26-36-34-17-9-10-20-38(34)49-40(36)27-41(37)50-39/h1-27H. The zero-order chi connectivity index (χ0) is 33.0. The zero-order valence-corrected chi connectivity index (χ0v) is 26.7. The van der Waals surface area contributed by atoms with Crippen LogP contribution in [-0.4, -0.2) is 15.0 Å². The minimum Gasteiger partial charge on any atom is -0.456 e. The Kier molecular flexibility index (Phi) is 6.42. The average Bonchev–Trinajstić information content (AvgIpc) is 3.75. The fourth-order valence-corrected chi connectivity index (χ4v) is 6.97. The Hall–Kier alpha value is -6.85. The highest BCUT2D eigenvalue weighted by molar-refractivity contribution is 6.18. The van der Waals surface area contributed by atoms with Gasteiger partial charge in [-0.2, -0.15) is 0 Å². The van der Waals surface area contributed by atoms with E-state index in [4.69, 9.17) is 23.8 Å². The minimum absolute atomic E-state index is 0.615. The molecule has 0 N–H and O–H groups in total. The Balaban J connectivity index is 1.10. The van der Waals surface area contributed by atoms with E-state index in [-0.39, 0.29) is 0 Å². The second-order valence-corrected chi connectivity index (χ2v) is 12.4. The van der Waals surface area contributed by atoms with Crippen molar-refractivity contribution in [3.8, 4) is 56.4 Å². The molecule has 5 heteroatoms. The first-order valence-corrected chi connectivity index (χ1v) is 16.6. The maximum absolute atomic E-state index is 6.38. The monoisotopic (exact) mass is 641 g/mol. The van der Waals surface area contributed by atoms with Crippen LogP contribution in [0, 0.1) is 0 Å². The Bertz CT molecular complexity index is 2850. The van der Waals surface area contributed by atoms with Crippen LogP contribution in [-0.2, 0) is 0 Å². The summed E-state index contributed by atoms with van der Waals surface area (Å²) in [4.78, 5) is 15.1. The molecule has 3 heterocycles. The number of nitrogens with zero attached hydrogens (tertiary/aromatic N) is 3. The van der Waals surface area contributed by atoms with E-state index in [0.29, 0.717) is 17.5 Å². The van der Waals surface area contributed by atoms with Gasteiger partial charge >= 0.3 is 0 Å². The predicted octanol–water partition coefficient (Wildman–Crippen LogP) is 12.0. The zero-order valence-electron chi connectivity index (χ0n) is 26.7. The lowest BCUT2D eigenvalue weighted by Gasteiger charge is -2.12.